The number of hydrogen-bond donors (Lipinski definition) is 1. The molecule has 0 saturated heterocycles. The first-order chi connectivity index (χ1) is 13.1. The lowest BCUT2D eigenvalue weighted by Crippen LogP contribution is -2.38. The van der Waals surface area contributed by atoms with Gasteiger partial charge in [-0.1, -0.05) is 61.4 Å². The van der Waals surface area contributed by atoms with Crippen LogP contribution >= 0.6 is 0 Å². The molecule has 142 valence electrons. The van der Waals surface area contributed by atoms with E-state index in [1.165, 1.54) is 22.3 Å². The SMILES string of the molecule is CN(CC1CCCCC1O)C(=O)OCC1c2ccccc2-c2ccccc21. The largest absolute Gasteiger partial charge is 0.448 e. The van der Waals surface area contributed by atoms with E-state index in [1.807, 2.05) is 24.3 Å². The van der Waals surface area contributed by atoms with Crippen LogP contribution in [0.15, 0.2) is 48.5 Å². The zero-order valence-corrected chi connectivity index (χ0v) is 15.8. The molecule has 0 spiro atoms. The van der Waals surface area contributed by atoms with Crippen molar-refractivity contribution in [3.05, 3.63) is 59.7 Å². The van der Waals surface area contributed by atoms with E-state index in [0.717, 1.165) is 25.7 Å². The summed E-state index contributed by atoms with van der Waals surface area (Å²) in [5.74, 6) is 0.235. The number of ether oxygens (including phenoxy) is 1. The summed E-state index contributed by atoms with van der Waals surface area (Å²) in [4.78, 5) is 14.1. The van der Waals surface area contributed by atoms with Gasteiger partial charge in [0, 0.05) is 25.4 Å². The summed E-state index contributed by atoms with van der Waals surface area (Å²) in [5.41, 5.74) is 4.90. The van der Waals surface area contributed by atoms with Crippen LogP contribution in [-0.4, -0.2) is 42.4 Å². The molecule has 0 aromatic heterocycles. The van der Waals surface area contributed by atoms with Crippen molar-refractivity contribution >= 4 is 6.09 Å². The predicted molar refractivity (Wildman–Crippen MR) is 106 cm³/mol. The summed E-state index contributed by atoms with van der Waals surface area (Å²) >= 11 is 0. The van der Waals surface area contributed by atoms with Crippen LogP contribution in [0.1, 0.15) is 42.7 Å². The van der Waals surface area contributed by atoms with Gasteiger partial charge in [-0.3, -0.25) is 0 Å². The van der Waals surface area contributed by atoms with Gasteiger partial charge in [-0.15, -0.1) is 0 Å². The van der Waals surface area contributed by atoms with Crippen molar-refractivity contribution in [1.82, 2.24) is 4.90 Å². The lowest BCUT2D eigenvalue weighted by molar-refractivity contribution is 0.0449. The molecule has 2 atom stereocenters. The first kappa shape index (κ1) is 18.1. The minimum atomic E-state index is -0.311. The minimum Gasteiger partial charge on any atom is -0.448 e. The van der Waals surface area contributed by atoms with Crippen LogP contribution < -0.4 is 0 Å². The fourth-order valence-corrected chi connectivity index (χ4v) is 4.53. The summed E-state index contributed by atoms with van der Waals surface area (Å²) in [5, 5.41) is 10.1. The Kier molecular flexibility index (Phi) is 5.17. The van der Waals surface area contributed by atoms with Gasteiger partial charge in [-0.2, -0.15) is 0 Å². The summed E-state index contributed by atoms with van der Waals surface area (Å²) in [6, 6.07) is 16.7. The molecule has 27 heavy (non-hydrogen) atoms. The molecule has 2 aliphatic carbocycles. The van der Waals surface area contributed by atoms with Gasteiger partial charge in [0.25, 0.3) is 0 Å². The summed E-state index contributed by atoms with van der Waals surface area (Å²) in [6.07, 6.45) is 3.40. The van der Waals surface area contributed by atoms with E-state index in [0.29, 0.717) is 13.2 Å². The van der Waals surface area contributed by atoms with Crippen molar-refractivity contribution in [2.75, 3.05) is 20.2 Å². The van der Waals surface area contributed by atoms with Crippen LogP contribution in [0, 0.1) is 5.92 Å². The van der Waals surface area contributed by atoms with Gasteiger partial charge in [-0.05, 0) is 35.1 Å². The summed E-state index contributed by atoms with van der Waals surface area (Å²) in [6.45, 7) is 0.891. The van der Waals surface area contributed by atoms with Crippen molar-refractivity contribution in [3.8, 4) is 11.1 Å². The molecule has 4 nitrogen and oxygen atoms in total. The maximum atomic E-state index is 12.5. The number of nitrogens with zero attached hydrogens (tertiary/aromatic N) is 1. The molecule has 2 aromatic rings. The van der Waals surface area contributed by atoms with Crippen LogP contribution in [0.25, 0.3) is 11.1 Å². The summed E-state index contributed by atoms with van der Waals surface area (Å²) in [7, 11) is 1.76. The Labute approximate surface area is 160 Å². The zero-order valence-electron chi connectivity index (χ0n) is 15.8. The smallest absolute Gasteiger partial charge is 0.409 e. The lowest BCUT2D eigenvalue weighted by atomic mass is 9.86. The second-order valence-electron chi connectivity index (χ2n) is 7.80. The Bertz CT molecular complexity index is 773. The normalized spacial score (nSPS) is 21.4. The molecule has 0 aliphatic heterocycles. The van der Waals surface area contributed by atoms with Gasteiger partial charge in [0.1, 0.15) is 6.61 Å². The molecule has 1 fully saturated rings. The molecule has 4 heteroatoms. The van der Waals surface area contributed by atoms with Gasteiger partial charge >= 0.3 is 6.09 Å². The predicted octanol–water partition coefficient (Wildman–Crippen LogP) is 4.42. The fraction of sp³-hybridized carbons (Fsp3) is 0.435. The quantitative estimate of drug-likeness (QED) is 0.873. The third-order valence-electron chi connectivity index (χ3n) is 6.03. The highest BCUT2D eigenvalue weighted by atomic mass is 16.6. The third kappa shape index (κ3) is 3.59. The van der Waals surface area contributed by atoms with Crippen LogP contribution in [0.5, 0.6) is 0 Å². The highest BCUT2D eigenvalue weighted by molar-refractivity contribution is 5.79. The van der Waals surface area contributed by atoms with E-state index in [9.17, 15) is 9.90 Å². The number of carbonyl (C=O) groups is 1. The number of aliphatic hydroxyl groups excluding tert-OH is 1. The number of hydrogen-bond acceptors (Lipinski definition) is 3. The average molecular weight is 365 g/mol. The van der Waals surface area contributed by atoms with E-state index < -0.39 is 0 Å². The second-order valence-corrected chi connectivity index (χ2v) is 7.80. The van der Waals surface area contributed by atoms with Crippen molar-refractivity contribution in [3.63, 3.8) is 0 Å². The van der Waals surface area contributed by atoms with Crippen LogP contribution in [0.3, 0.4) is 0 Å². The molecule has 1 N–H and O–H groups in total. The van der Waals surface area contributed by atoms with E-state index in [2.05, 4.69) is 24.3 Å². The molecule has 0 radical (unpaired) electrons. The van der Waals surface area contributed by atoms with Gasteiger partial charge in [0.2, 0.25) is 0 Å². The lowest BCUT2D eigenvalue weighted by Gasteiger charge is -2.31. The molecule has 0 heterocycles. The van der Waals surface area contributed by atoms with Crippen LogP contribution in [0.2, 0.25) is 0 Å². The number of amides is 1. The van der Waals surface area contributed by atoms with E-state index in [1.54, 1.807) is 11.9 Å². The Morgan fingerprint density at radius 3 is 2.26 bits per heavy atom. The Morgan fingerprint density at radius 2 is 1.63 bits per heavy atom. The highest BCUT2D eigenvalue weighted by Crippen LogP contribution is 2.44. The Hall–Kier alpha value is -2.33. The molecule has 1 amide bonds. The maximum absolute atomic E-state index is 12.5. The monoisotopic (exact) mass is 365 g/mol. The number of aliphatic hydroxyl groups is 1. The van der Waals surface area contributed by atoms with Gasteiger partial charge < -0.3 is 14.7 Å². The number of rotatable bonds is 4. The van der Waals surface area contributed by atoms with Crippen molar-refractivity contribution in [2.24, 2.45) is 5.92 Å². The molecule has 1 saturated carbocycles. The Balaban J connectivity index is 1.42. The molecule has 4 rings (SSSR count). The highest BCUT2D eigenvalue weighted by Gasteiger charge is 2.30. The molecule has 0 bridgehead atoms. The zero-order chi connectivity index (χ0) is 18.8. The third-order valence-corrected chi connectivity index (χ3v) is 6.03. The van der Waals surface area contributed by atoms with Gasteiger partial charge in [0.15, 0.2) is 0 Å². The van der Waals surface area contributed by atoms with Crippen molar-refractivity contribution in [2.45, 2.75) is 37.7 Å². The molecule has 2 aliphatic rings. The topological polar surface area (TPSA) is 49.8 Å². The first-order valence-corrected chi connectivity index (χ1v) is 9.89. The molecule has 2 aromatic carbocycles. The van der Waals surface area contributed by atoms with E-state index >= 15 is 0 Å². The Morgan fingerprint density at radius 1 is 1.04 bits per heavy atom. The van der Waals surface area contributed by atoms with Crippen LogP contribution in [0.4, 0.5) is 4.79 Å². The van der Waals surface area contributed by atoms with Gasteiger partial charge in [0.05, 0.1) is 6.10 Å². The first-order valence-electron chi connectivity index (χ1n) is 9.89. The minimum absolute atomic E-state index is 0.0787. The number of carbonyl (C=O) groups excluding carboxylic acids is 1. The van der Waals surface area contributed by atoms with Crippen molar-refractivity contribution < 1.29 is 14.6 Å². The number of benzene rings is 2. The number of fused-ring (bicyclic) bond motifs is 3. The standard InChI is InChI=1S/C23H27NO3/c1-24(14-16-8-2-7-13-22(16)25)23(26)27-15-21-19-11-5-3-9-17(19)18-10-4-6-12-20(18)21/h3-6,9-12,16,21-22,25H,2,7-8,13-15H2,1H3. The van der Waals surface area contributed by atoms with Crippen molar-refractivity contribution in [1.29, 1.82) is 0 Å². The van der Waals surface area contributed by atoms with E-state index in [-0.39, 0.29) is 24.0 Å². The molecule has 2 unspecified atom stereocenters. The second kappa shape index (κ2) is 7.73. The van der Waals surface area contributed by atoms with E-state index in [4.69, 9.17) is 4.74 Å². The fourth-order valence-electron chi connectivity index (χ4n) is 4.53. The van der Waals surface area contributed by atoms with Crippen LogP contribution in [-0.2, 0) is 4.74 Å². The average Bonchev–Trinajstić information content (AvgIpc) is 3.02. The molecular weight excluding hydrogens is 338 g/mol. The molecular formula is C23H27NO3. The van der Waals surface area contributed by atoms with Gasteiger partial charge in [-0.25, -0.2) is 4.79 Å². The summed E-state index contributed by atoms with van der Waals surface area (Å²) < 4.78 is 5.68. The maximum Gasteiger partial charge on any atom is 0.409 e.